The Hall–Kier alpha value is -3.22. The third-order valence-corrected chi connectivity index (χ3v) is 3.08. The fourth-order valence-corrected chi connectivity index (χ4v) is 1.98. The average Bonchev–Trinajstić information content (AvgIpc) is 2.54. The van der Waals surface area contributed by atoms with E-state index >= 15 is 0 Å². The van der Waals surface area contributed by atoms with Crippen LogP contribution in [0.15, 0.2) is 48.5 Å². The molecule has 23 heavy (non-hydrogen) atoms. The second kappa shape index (κ2) is 7.17. The van der Waals surface area contributed by atoms with Crippen molar-refractivity contribution < 1.29 is 19.2 Å². The summed E-state index contributed by atoms with van der Waals surface area (Å²) in [5.41, 5.74) is 0.341. The number of hydrogen-bond acceptors (Lipinski definition) is 5. The second-order valence-corrected chi connectivity index (χ2v) is 4.66. The molecule has 0 saturated heterocycles. The molecule has 0 aliphatic rings. The quantitative estimate of drug-likeness (QED) is 0.382. The molecule has 0 heterocycles. The maximum atomic E-state index is 12.1. The normalized spacial score (nSPS) is 9.96. The molecular formula is C16H14N2O5. The lowest BCUT2D eigenvalue weighted by molar-refractivity contribution is -0.385. The first-order valence-electron chi connectivity index (χ1n) is 6.72. The summed E-state index contributed by atoms with van der Waals surface area (Å²) < 4.78 is 4.87. The maximum absolute atomic E-state index is 12.1. The number of rotatable bonds is 6. The van der Waals surface area contributed by atoms with E-state index in [1.54, 1.807) is 30.3 Å². The van der Waals surface area contributed by atoms with Gasteiger partial charge >= 0.3 is 5.69 Å². The number of para-hydroxylation sites is 1. The summed E-state index contributed by atoms with van der Waals surface area (Å²) in [7, 11) is 1.30. The summed E-state index contributed by atoms with van der Waals surface area (Å²) in [6.45, 7) is 0. The lowest BCUT2D eigenvalue weighted by Crippen LogP contribution is -2.16. The molecule has 0 spiro atoms. The van der Waals surface area contributed by atoms with E-state index < -0.39 is 23.0 Å². The third-order valence-electron chi connectivity index (χ3n) is 3.08. The SMILES string of the molecule is COc1ccc(C(=O)CC(=O)Nc2ccccc2)cc1[N+](=O)[O-]. The second-order valence-electron chi connectivity index (χ2n) is 4.66. The Morgan fingerprint density at radius 3 is 2.48 bits per heavy atom. The molecule has 0 radical (unpaired) electrons. The Bertz CT molecular complexity index is 743. The molecule has 0 bridgehead atoms. The first-order chi connectivity index (χ1) is 11.0. The summed E-state index contributed by atoms with van der Waals surface area (Å²) in [5, 5.41) is 13.5. The smallest absolute Gasteiger partial charge is 0.311 e. The number of methoxy groups -OCH3 is 1. The number of carbonyl (C=O) groups is 2. The Morgan fingerprint density at radius 2 is 1.87 bits per heavy atom. The molecule has 0 aliphatic heterocycles. The molecule has 1 N–H and O–H groups in total. The van der Waals surface area contributed by atoms with Crippen LogP contribution in [0.1, 0.15) is 16.8 Å². The molecule has 2 aromatic rings. The van der Waals surface area contributed by atoms with Gasteiger partial charge in [0.1, 0.15) is 0 Å². The number of hydrogen-bond donors (Lipinski definition) is 1. The summed E-state index contributed by atoms with van der Waals surface area (Å²) >= 11 is 0. The van der Waals surface area contributed by atoms with Crippen molar-refractivity contribution in [3.63, 3.8) is 0 Å². The van der Waals surface area contributed by atoms with Crippen molar-refractivity contribution in [1.82, 2.24) is 0 Å². The summed E-state index contributed by atoms with van der Waals surface area (Å²) in [5.74, 6) is -0.941. The van der Waals surface area contributed by atoms with Gasteiger partial charge in [-0.3, -0.25) is 19.7 Å². The highest BCUT2D eigenvalue weighted by Gasteiger charge is 2.19. The highest BCUT2D eigenvalue weighted by molar-refractivity contribution is 6.11. The molecule has 0 fully saturated rings. The number of amides is 1. The molecular weight excluding hydrogens is 300 g/mol. The molecule has 1 amide bonds. The molecule has 0 aliphatic carbocycles. The topological polar surface area (TPSA) is 98.5 Å². The van der Waals surface area contributed by atoms with Crippen molar-refractivity contribution in [3.05, 3.63) is 64.2 Å². The summed E-state index contributed by atoms with van der Waals surface area (Å²) in [6.07, 6.45) is -0.404. The predicted octanol–water partition coefficient (Wildman–Crippen LogP) is 2.81. The molecule has 0 unspecified atom stereocenters. The number of ether oxygens (including phenoxy) is 1. The van der Waals surface area contributed by atoms with Gasteiger partial charge in [-0.25, -0.2) is 0 Å². The number of ketones is 1. The zero-order valence-corrected chi connectivity index (χ0v) is 12.3. The molecule has 118 valence electrons. The van der Waals surface area contributed by atoms with Crippen LogP contribution in [0.4, 0.5) is 11.4 Å². The first-order valence-corrected chi connectivity index (χ1v) is 6.72. The van der Waals surface area contributed by atoms with E-state index in [4.69, 9.17) is 4.74 Å². The average molecular weight is 314 g/mol. The van der Waals surface area contributed by atoms with Crippen LogP contribution in [0.3, 0.4) is 0 Å². The molecule has 0 saturated carbocycles. The monoisotopic (exact) mass is 314 g/mol. The van der Waals surface area contributed by atoms with E-state index in [0.717, 1.165) is 6.07 Å². The van der Waals surface area contributed by atoms with Crippen LogP contribution in [-0.4, -0.2) is 23.7 Å². The van der Waals surface area contributed by atoms with Crippen LogP contribution in [-0.2, 0) is 4.79 Å². The van der Waals surface area contributed by atoms with E-state index in [1.807, 2.05) is 0 Å². The number of Topliss-reactive ketones (excluding diaryl/α,β-unsaturated/α-hetero) is 1. The van der Waals surface area contributed by atoms with Gasteiger partial charge in [0.05, 0.1) is 18.5 Å². The zero-order valence-electron chi connectivity index (χ0n) is 12.3. The fraction of sp³-hybridized carbons (Fsp3) is 0.125. The van der Waals surface area contributed by atoms with E-state index in [-0.39, 0.29) is 17.0 Å². The van der Waals surface area contributed by atoms with Gasteiger partial charge < -0.3 is 10.1 Å². The number of nitro benzene ring substituents is 1. The lowest BCUT2D eigenvalue weighted by Gasteiger charge is -2.06. The van der Waals surface area contributed by atoms with Gasteiger partial charge in [-0.15, -0.1) is 0 Å². The van der Waals surface area contributed by atoms with Crippen LogP contribution in [0.25, 0.3) is 0 Å². The fourth-order valence-electron chi connectivity index (χ4n) is 1.98. The van der Waals surface area contributed by atoms with Crippen LogP contribution in [0, 0.1) is 10.1 Å². The predicted molar refractivity (Wildman–Crippen MR) is 83.7 cm³/mol. The first kappa shape index (κ1) is 16.2. The van der Waals surface area contributed by atoms with Gasteiger partial charge in [-0.05, 0) is 24.3 Å². The summed E-state index contributed by atoms with van der Waals surface area (Å²) in [4.78, 5) is 34.3. The van der Waals surface area contributed by atoms with Crippen molar-refractivity contribution in [1.29, 1.82) is 0 Å². The van der Waals surface area contributed by atoms with Crippen molar-refractivity contribution >= 4 is 23.1 Å². The zero-order chi connectivity index (χ0) is 16.8. The maximum Gasteiger partial charge on any atom is 0.311 e. The Kier molecular flexibility index (Phi) is 5.03. The third kappa shape index (κ3) is 4.13. The van der Waals surface area contributed by atoms with Gasteiger partial charge in [0.2, 0.25) is 5.91 Å². The van der Waals surface area contributed by atoms with Crippen LogP contribution in [0.5, 0.6) is 5.75 Å². The minimum atomic E-state index is -0.639. The van der Waals surface area contributed by atoms with Crippen molar-refractivity contribution in [2.24, 2.45) is 0 Å². The molecule has 7 nitrogen and oxygen atoms in total. The molecule has 2 rings (SSSR count). The highest BCUT2D eigenvalue weighted by Crippen LogP contribution is 2.28. The van der Waals surface area contributed by atoms with E-state index in [1.165, 1.54) is 19.2 Å². The number of benzene rings is 2. The number of nitro groups is 1. The number of carbonyl (C=O) groups excluding carboxylic acids is 2. The largest absolute Gasteiger partial charge is 0.490 e. The minimum Gasteiger partial charge on any atom is -0.490 e. The van der Waals surface area contributed by atoms with Crippen LogP contribution >= 0.6 is 0 Å². The Balaban J connectivity index is 2.10. The number of nitrogens with zero attached hydrogens (tertiary/aromatic N) is 1. The molecule has 2 aromatic carbocycles. The van der Waals surface area contributed by atoms with Crippen molar-refractivity contribution in [2.45, 2.75) is 6.42 Å². The summed E-state index contributed by atoms with van der Waals surface area (Å²) in [6, 6.07) is 12.5. The Morgan fingerprint density at radius 1 is 1.17 bits per heavy atom. The number of nitrogens with one attached hydrogen (secondary N) is 1. The van der Waals surface area contributed by atoms with Gasteiger partial charge in [-0.2, -0.15) is 0 Å². The van der Waals surface area contributed by atoms with E-state index in [0.29, 0.717) is 5.69 Å². The highest BCUT2D eigenvalue weighted by atomic mass is 16.6. The van der Waals surface area contributed by atoms with Gasteiger partial charge in [0.25, 0.3) is 0 Å². The molecule has 0 aromatic heterocycles. The van der Waals surface area contributed by atoms with Crippen molar-refractivity contribution in [2.75, 3.05) is 12.4 Å². The molecule has 0 atom stereocenters. The standard InChI is InChI=1S/C16H14N2O5/c1-23-15-8-7-11(9-13(15)18(21)22)14(19)10-16(20)17-12-5-3-2-4-6-12/h2-9H,10H2,1H3,(H,17,20). The van der Waals surface area contributed by atoms with Crippen molar-refractivity contribution in [3.8, 4) is 5.75 Å². The van der Waals surface area contributed by atoms with E-state index in [2.05, 4.69) is 5.32 Å². The lowest BCUT2D eigenvalue weighted by atomic mass is 10.1. The van der Waals surface area contributed by atoms with E-state index in [9.17, 15) is 19.7 Å². The van der Waals surface area contributed by atoms with Gasteiger partial charge in [-0.1, -0.05) is 18.2 Å². The van der Waals surface area contributed by atoms with Gasteiger partial charge in [0, 0.05) is 17.3 Å². The van der Waals surface area contributed by atoms with Gasteiger partial charge in [0.15, 0.2) is 11.5 Å². The van der Waals surface area contributed by atoms with Crippen LogP contribution < -0.4 is 10.1 Å². The minimum absolute atomic E-state index is 0.0558. The molecule has 7 heteroatoms. The van der Waals surface area contributed by atoms with Crippen LogP contribution in [0.2, 0.25) is 0 Å². The Labute approximate surface area is 132 Å². The number of anilines is 1.